The highest BCUT2D eigenvalue weighted by atomic mass is 16.5. The fraction of sp³-hybridized carbons (Fsp3) is 0.906. The second kappa shape index (κ2) is 59.9. The number of ether oxygens (including phenoxy) is 1. The van der Waals surface area contributed by atoms with Crippen LogP contribution in [0.3, 0.4) is 0 Å². The summed E-state index contributed by atoms with van der Waals surface area (Å²) in [7, 11) is 0. The van der Waals surface area contributed by atoms with Crippen LogP contribution in [0, 0.1) is 0 Å². The second-order valence-electron chi connectivity index (χ2n) is 21.7. The zero-order valence-corrected chi connectivity index (χ0v) is 47.3. The first-order valence-corrected chi connectivity index (χ1v) is 31.6. The average molecular weight is 987 g/mol. The van der Waals surface area contributed by atoms with Crippen molar-refractivity contribution < 1.29 is 24.5 Å². The molecule has 2 atom stereocenters. The van der Waals surface area contributed by atoms with Gasteiger partial charge in [0, 0.05) is 12.8 Å². The predicted octanol–water partition coefficient (Wildman–Crippen LogP) is 19.8. The normalized spacial score (nSPS) is 12.7. The van der Waals surface area contributed by atoms with Gasteiger partial charge in [-0.25, -0.2) is 0 Å². The zero-order chi connectivity index (χ0) is 50.7. The Bertz CT molecular complexity index is 1090. The van der Waals surface area contributed by atoms with Gasteiger partial charge in [-0.3, -0.25) is 9.59 Å². The van der Waals surface area contributed by atoms with Crippen molar-refractivity contribution in [1.82, 2.24) is 5.32 Å². The molecule has 0 spiro atoms. The molecule has 0 aromatic carbocycles. The van der Waals surface area contributed by atoms with Gasteiger partial charge in [0.25, 0.3) is 0 Å². The van der Waals surface area contributed by atoms with Crippen molar-refractivity contribution in [2.24, 2.45) is 0 Å². The van der Waals surface area contributed by atoms with Gasteiger partial charge in [-0.15, -0.1) is 0 Å². The van der Waals surface area contributed by atoms with Crippen LogP contribution in [0.5, 0.6) is 0 Å². The molecular weight excluding hydrogens is 863 g/mol. The Morgan fingerprint density at radius 2 is 0.671 bits per heavy atom. The maximum absolute atomic E-state index is 12.5. The minimum atomic E-state index is -0.845. The smallest absolute Gasteiger partial charge is 0.305 e. The fourth-order valence-corrected chi connectivity index (χ4v) is 9.87. The molecule has 70 heavy (non-hydrogen) atoms. The van der Waals surface area contributed by atoms with Gasteiger partial charge in [-0.05, 0) is 57.8 Å². The summed E-state index contributed by atoms with van der Waals surface area (Å²) >= 11 is 0. The lowest BCUT2D eigenvalue weighted by Gasteiger charge is -2.20. The standard InChI is InChI=1S/C64H123NO5/c1-3-5-7-9-11-13-15-17-18-19-24-27-30-33-36-40-44-48-52-56-62(67)61(60-66)65-63(68)57-53-49-45-41-37-34-31-28-25-22-20-21-23-26-29-32-35-39-43-47-51-55-59-70-64(69)58-54-50-46-42-38-16-14-12-10-8-6-4-2/h12,14,52,56,61-62,66-67H,3-11,13,15-51,53-55,57-60H2,1-2H3,(H,65,68)/b14-12-,56-52+. The Morgan fingerprint density at radius 1 is 0.386 bits per heavy atom. The van der Waals surface area contributed by atoms with Crippen molar-refractivity contribution in [3.05, 3.63) is 24.3 Å². The zero-order valence-electron chi connectivity index (χ0n) is 47.3. The summed E-state index contributed by atoms with van der Waals surface area (Å²) < 4.78 is 5.47. The van der Waals surface area contributed by atoms with Crippen LogP contribution >= 0.6 is 0 Å². The minimum absolute atomic E-state index is 0.00297. The molecule has 1 amide bonds. The lowest BCUT2D eigenvalue weighted by atomic mass is 10.0. The second-order valence-corrected chi connectivity index (χ2v) is 21.7. The van der Waals surface area contributed by atoms with Gasteiger partial charge < -0.3 is 20.3 Å². The number of rotatable bonds is 59. The third-order valence-electron chi connectivity index (χ3n) is 14.7. The molecule has 0 heterocycles. The minimum Gasteiger partial charge on any atom is -0.466 e. The maximum Gasteiger partial charge on any atom is 0.305 e. The van der Waals surface area contributed by atoms with Crippen molar-refractivity contribution in [3.63, 3.8) is 0 Å². The summed E-state index contributed by atoms with van der Waals surface area (Å²) in [6, 6.07) is -0.628. The predicted molar refractivity (Wildman–Crippen MR) is 306 cm³/mol. The van der Waals surface area contributed by atoms with E-state index in [0.717, 1.165) is 44.9 Å². The van der Waals surface area contributed by atoms with E-state index in [2.05, 4.69) is 31.3 Å². The van der Waals surface area contributed by atoms with Gasteiger partial charge in [0.15, 0.2) is 0 Å². The van der Waals surface area contributed by atoms with Gasteiger partial charge in [0.1, 0.15) is 0 Å². The Morgan fingerprint density at radius 3 is 1.04 bits per heavy atom. The van der Waals surface area contributed by atoms with Crippen LogP contribution in [-0.4, -0.2) is 47.4 Å². The van der Waals surface area contributed by atoms with Crippen molar-refractivity contribution in [2.45, 2.75) is 360 Å². The third-order valence-corrected chi connectivity index (χ3v) is 14.7. The number of amides is 1. The molecule has 0 aromatic rings. The molecule has 414 valence electrons. The van der Waals surface area contributed by atoms with Crippen LogP contribution in [0.15, 0.2) is 24.3 Å². The van der Waals surface area contributed by atoms with Crippen LogP contribution < -0.4 is 5.32 Å². The number of aliphatic hydroxyl groups is 2. The SMILES string of the molecule is CCCCC/C=C\CCCCCCCC(=O)OCCCCCCCCCCCCCCCCCCCCCCCCC(=O)NC(CO)C(O)/C=C/CCCCCCCCCCCCCCCCCCC. The summed E-state index contributed by atoms with van der Waals surface area (Å²) in [6.07, 6.45) is 73.6. The molecule has 0 saturated heterocycles. The number of aliphatic hydroxyl groups excluding tert-OH is 2. The summed E-state index contributed by atoms with van der Waals surface area (Å²) in [6.45, 7) is 4.90. The summed E-state index contributed by atoms with van der Waals surface area (Å²) in [5.74, 6) is -0.0624. The number of esters is 1. The van der Waals surface area contributed by atoms with Gasteiger partial charge in [-0.2, -0.15) is 0 Å². The first-order chi connectivity index (χ1) is 34.5. The van der Waals surface area contributed by atoms with E-state index in [1.165, 1.54) is 276 Å². The molecule has 6 nitrogen and oxygen atoms in total. The van der Waals surface area contributed by atoms with Crippen LogP contribution in [0.4, 0.5) is 0 Å². The topological polar surface area (TPSA) is 95.9 Å². The molecule has 0 aliphatic carbocycles. The van der Waals surface area contributed by atoms with Crippen LogP contribution in [0.2, 0.25) is 0 Å². The molecule has 0 radical (unpaired) electrons. The summed E-state index contributed by atoms with van der Waals surface area (Å²) in [5, 5.41) is 23.2. The van der Waals surface area contributed by atoms with E-state index in [9.17, 15) is 19.8 Å². The Hall–Kier alpha value is -1.66. The van der Waals surface area contributed by atoms with E-state index in [1.807, 2.05) is 6.08 Å². The van der Waals surface area contributed by atoms with Gasteiger partial charge in [0.05, 0.1) is 25.4 Å². The van der Waals surface area contributed by atoms with Crippen molar-refractivity contribution >= 4 is 11.9 Å². The molecule has 6 heteroatoms. The number of carbonyl (C=O) groups is 2. The van der Waals surface area contributed by atoms with Crippen LogP contribution in [0.1, 0.15) is 348 Å². The number of allylic oxidation sites excluding steroid dienone is 3. The molecule has 0 saturated carbocycles. The van der Waals surface area contributed by atoms with Crippen LogP contribution in [0.25, 0.3) is 0 Å². The van der Waals surface area contributed by atoms with E-state index < -0.39 is 12.1 Å². The average Bonchev–Trinajstić information content (AvgIpc) is 3.36. The van der Waals surface area contributed by atoms with E-state index in [4.69, 9.17) is 4.74 Å². The number of unbranched alkanes of at least 4 members (excludes halogenated alkanes) is 46. The first-order valence-electron chi connectivity index (χ1n) is 31.6. The summed E-state index contributed by atoms with van der Waals surface area (Å²) in [5.41, 5.74) is 0. The molecule has 0 bridgehead atoms. The third kappa shape index (κ3) is 55.7. The quantitative estimate of drug-likeness (QED) is 0.0321. The highest BCUT2D eigenvalue weighted by molar-refractivity contribution is 5.76. The van der Waals surface area contributed by atoms with Gasteiger partial charge in [0.2, 0.25) is 5.91 Å². The molecule has 0 aromatic heterocycles. The highest BCUT2D eigenvalue weighted by Crippen LogP contribution is 2.18. The van der Waals surface area contributed by atoms with Crippen LogP contribution in [-0.2, 0) is 14.3 Å². The molecular formula is C64H123NO5. The highest BCUT2D eigenvalue weighted by Gasteiger charge is 2.18. The van der Waals surface area contributed by atoms with E-state index >= 15 is 0 Å². The van der Waals surface area contributed by atoms with Gasteiger partial charge in [-0.1, -0.05) is 301 Å². The van der Waals surface area contributed by atoms with Crippen molar-refractivity contribution in [1.29, 1.82) is 0 Å². The first kappa shape index (κ1) is 68.3. The maximum atomic E-state index is 12.5. The molecule has 2 unspecified atom stereocenters. The number of carbonyl (C=O) groups excluding carboxylic acids is 2. The lowest BCUT2D eigenvalue weighted by Crippen LogP contribution is -2.45. The Labute approximate surface area is 437 Å². The number of hydrogen-bond acceptors (Lipinski definition) is 5. The Balaban J connectivity index is 3.41. The number of nitrogens with one attached hydrogen (secondary N) is 1. The summed E-state index contributed by atoms with van der Waals surface area (Å²) in [4.78, 5) is 24.5. The molecule has 3 N–H and O–H groups in total. The van der Waals surface area contributed by atoms with Crippen molar-refractivity contribution in [2.75, 3.05) is 13.2 Å². The molecule has 0 rings (SSSR count). The molecule has 0 aliphatic heterocycles. The van der Waals surface area contributed by atoms with E-state index in [-0.39, 0.29) is 18.5 Å². The van der Waals surface area contributed by atoms with Crippen molar-refractivity contribution in [3.8, 4) is 0 Å². The molecule has 0 aliphatic rings. The number of hydrogen-bond donors (Lipinski definition) is 3. The van der Waals surface area contributed by atoms with E-state index in [0.29, 0.717) is 19.4 Å². The Kier molecular flexibility index (Phi) is 58.5. The van der Waals surface area contributed by atoms with Gasteiger partial charge >= 0.3 is 5.97 Å². The molecule has 0 fully saturated rings. The fourth-order valence-electron chi connectivity index (χ4n) is 9.87. The lowest BCUT2D eigenvalue weighted by molar-refractivity contribution is -0.143. The monoisotopic (exact) mass is 986 g/mol. The largest absolute Gasteiger partial charge is 0.466 e. The van der Waals surface area contributed by atoms with E-state index in [1.54, 1.807) is 6.08 Å².